The molecule has 0 saturated carbocycles. The first-order valence-corrected chi connectivity index (χ1v) is 8.85. The second-order valence-electron chi connectivity index (χ2n) is 7.22. The van der Waals surface area contributed by atoms with Crippen LogP contribution in [0.4, 0.5) is 0 Å². The Kier molecular flexibility index (Phi) is 4.51. The molecule has 1 aromatic heterocycles. The molecule has 2 heterocycles. The fraction of sp³-hybridized carbons (Fsp3) is 0.400. The topological polar surface area (TPSA) is 62.4 Å². The van der Waals surface area contributed by atoms with E-state index in [1.54, 1.807) is 0 Å². The van der Waals surface area contributed by atoms with Gasteiger partial charge in [0.2, 0.25) is 0 Å². The predicted octanol–water partition coefficient (Wildman–Crippen LogP) is 3.04. The number of aliphatic hydroxyl groups excluding tert-OH is 1. The first-order chi connectivity index (χ1) is 12.3. The Morgan fingerprint density at radius 3 is 2.72 bits per heavy atom. The Hall–Kier alpha value is -2.24. The Balaban J connectivity index is 1.49. The molecule has 0 radical (unpaired) electrons. The number of fused-ring (bicyclic) bond motifs is 1. The van der Waals surface area contributed by atoms with Crippen LogP contribution in [-0.2, 0) is 13.0 Å². The second kappa shape index (κ2) is 6.94. The minimum atomic E-state index is -0.0564. The van der Waals surface area contributed by atoms with Crippen molar-refractivity contribution < 1.29 is 9.74 Å². The number of benzene rings is 2. The van der Waals surface area contributed by atoms with E-state index in [9.17, 15) is 5.11 Å². The monoisotopic (exact) mass is 337 g/mol. The molecule has 2 aromatic carbocycles. The van der Waals surface area contributed by atoms with Gasteiger partial charge in [-0.15, -0.1) is 0 Å². The standard InChI is InChI=1S/C20H23N3O2/c24-15-20(12-16-5-2-1-3-6-16)9-4-10-23(14-20)13-17-7-8-18-19(11-17)22-25-21-18/h1-3,5-8,11,24H,4,9-10,12-15H2/t20-/m0/s1. The Morgan fingerprint density at radius 1 is 1.04 bits per heavy atom. The number of hydrogen-bond acceptors (Lipinski definition) is 5. The zero-order chi connectivity index (χ0) is 17.1. The summed E-state index contributed by atoms with van der Waals surface area (Å²) in [7, 11) is 0. The van der Waals surface area contributed by atoms with Crippen molar-refractivity contribution in [2.45, 2.75) is 25.8 Å². The molecule has 5 nitrogen and oxygen atoms in total. The summed E-state index contributed by atoms with van der Waals surface area (Å²) < 4.78 is 4.78. The molecule has 4 rings (SSSR count). The Bertz CT molecular complexity index is 833. The zero-order valence-corrected chi connectivity index (χ0v) is 14.3. The van der Waals surface area contributed by atoms with E-state index in [2.05, 4.69) is 45.5 Å². The fourth-order valence-corrected chi connectivity index (χ4v) is 3.99. The molecule has 0 aliphatic carbocycles. The van der Waals surface area contributed by atoms with E-state index in [0.29, 0.717) is 0 Å². The van der Waals surface area contributed by atoms with E-state index in [0.717, 1.165) is 49.9 Å². The van der Waals surface area contributed by atoms with Crippen LogP contribution in [0.2, 0.25) is 0 Å². The maximum Gasteiger partial charge on any atom is 0.135 e. The molecule has 1 aliphatic heterocycles. The van der Waals surface area contributed by atoms with Crippen LogP contribution in [0.3, 0.4) is 0 Å². The normalized spacial score (nSPS) is 21.6. The highest BCUT2D eigenvalue weighted by molar-refractivity contribution is 5.73. The van der Waals surface area contributed by atoms with Gasteiger partial charge in [0.1, 0.15) is 11.0 Å². The number of piperidine rings is 1. The summed E-state index contributed by atoms with van der Waals surface area (Å²) in [6.07, 6.45) is 3.11. The van der Waals surface area contributed by atoms with Crippen LogP contribution >= 0.6 is 0 Å². The van der Waals surface area contributed by atoms with Gasteiger partial charge >= 0.3 is 0 Å². The van der Waals surface area contributed by atoms with Gasteiger partial charge in [0.15, 0.2) is 0 Å². The van der Waals surface area contributed by atoms with E-state index < -0.39 is 0 Å². The number of rotatable bonds is 5. The summed E-state index contributed by atoms with van der Waals surface area (Å²) in [5, 5.41) is 17.9. The van der Waals surface area contributed by atoms with Gasteiger partial charge in [-0.2, -0.15) is 0 Å². The van der Waals surface area contributed by atoms with Crippen molar-refractivity contribution in [2.75, 3.05) is 19.7 Å². The van der Waals surface area contributed by atoms with Crippen LogP contribution in [0.15, 0.2) is 53.2 Å². The molecule has 5 heteroatoms. The molecule has 0 bridgehead atoms. The number of hydrogen-bond donors (Lipinski definition) is 1. The third-order valence-corrected chi connectivity index (χ3v) is 5.22. The summed E-state index contributed by atoms with van der Waals surface area (Å²) in [6.45, 7) is 3.06. The molecule has 3 aromatic rings. The first kappa shape index (κ1) is 16.2. The highest BCUT2D eigenvalue weighted by atomic mass is 16.6. The Morgan fingerprint density at radius 2 is 1.88 bits per heavy atom. The van der Waals surface area contributed by atoms with E-state index in [4.69, 9.17) is 4.63 Å². The van der Waals surface area contributed by atoms with E-state index in [1.807, 2.05) is 18.2 Å². The fourth-order valence-electron chi connectivity index (χ4n) is 3.99. The molecule has 0 amide bonds. The minimum Gasteiger partial charge on any atom is -0.396 e. The largest absolute Gasteiger partial charge is 0.396 e. The van der Waals surface area contributed by atoms with Crippen molar-refractivity contribution in [1.82, 2.24) is 15.2 Å². The molecule has 0 spiro atoms. The smallest absolute Gasteiger partial charge is 0.135 e. The van der Waals surface area contributed by atoms with Gasteiger partial charge in [-0.1, -0.05) is 36.4 Å². The average molecular weight is 337 g/mol. The number of aliphatic hydroxyl groups is 1. The number of aromatic nitrogens is 2. The van der Waals surface area contributed by atoms with Crippen molar-refractivity contribution in [3.63, 3.8) is 0 Å². The highest BCUT2D eigenvalue weighted by Gasteiger charge is 2.35. The molecule has 25 heavy (non-hydrogen) atoms. The van der Waals surface area contributed by atoms with Crippen LogP contribution in [0, 0.1) is 5.41 Å². The molecule has 1 fully saturated rings. The molecular formula is C20H23N3O2. The lowest BCUT2D eigenvalue weighted by molar-refractivity contribution is 0.0289. The lowest BCUT2D eigenvalue weighted by Crippen LogP contribution is -2.46. The van der Waals surface area contributed by atoms with Gasteiger partial charge in [-0.3, -0.25) is 4.90 Å². The summed E-state index contributed by atoms with van der Waals surface area (Å²) >= 11 is 0. The lowest BCUT2D eigenvalue weighted by atomic mass is 9.75. The van der Waals surface area contributed by atoms with Crippen LogP contribution < -0.4 is 0 Å². The van der Waals surface area contributed by atoms with E-state index >= 15 is 0 Å². The molecular weight excluding hydrogens is 314 g/mol. The van der Waals surface area contributed by atoms with Gasteiger partial charge in [0.05, 0.1) is 6.61 Å². The summed E-state index contributed by atoms with van der Waals surface area (Å²) in [5.41, 5.74) is 4.03. The van der Waals surface area contributed by atoms with Crippen LogP contribution in [-0.4, -0.2) is 40.0 Å². The van der Waals surface area contributed by atoms with Gasteiger partial charge < -0.3 is 5.11 Å². The molecule has 1 atom stereocenters. The maximum atomic E-state index is 10.1. The molecule has 1 aliphatic rings. The molecule has 130 valence electrons. The summed E-state index contributed by atoms with van der Waals surface area (Å²) in [6, 6.07) is 16.6. The third kappa shape index (κ3) is 3.57. The Labute approximate surface area is 147 Å². The van der Waals surface area contributed by atoms with Gasteiger partial charge in [0.25, 0.3) is 0 Å². The van der Waals surface area contributed by atoms with Gasteiger partial charge in [-0.25, -0.2) is 4.63 Å². The van der Waals surface area contributed by atoms with Crippen LogP contribution in [0.25, 0.3) is 11.0 Å². The summed E-state index contributed by atoms with van der Waals surface area (Å²) in [5.74, 6) is 0. The number of likely N-dealkylation sites (tertiary alicyclic amines) is 1. The maximum absolute atomic E-state index is 10.1. The van der Waals surface area contributed by atoms with Crippen molar-refractivity contribution in [2.24, 2.45) is 5.41 Å². The zero-order valence-electron chi connectivity index (χ0n) is 14.3. The second-order valence-corrected chi connectivity index (χ2v) is 7.22. The van der Waals surface area contributed by atoms with E-state index in [1.165, 1.54) is 11.1 Å². The minimum absolute atomic E-state index is 0.0564. The van der Waals surface area contributed by atoms with Gasteiger partial charge in [-0.05, 0) is 59.4 Å². The van der Waals surface area contributed by atoms with Crippen molar-refractivity contribution in [3.05, 3.63) is 59.7 Å². The van der Waals surface area contributed by atoms with Crippen molar-refractivity contribution in [1.29, 1.82) is 0 Å². The molecule has 0 unspecified atom stereocenters. The van der Waals surface area contributed by atoms with E-state index in [-0.39, 0.29) is 12.0 Å². The first-order valence-electron chi connectivity index (χ1n) is 8.85. The average Bonchev–Trinajstić information content (AvgIpc) is 3.11. The third-order valence-electron chi connectivity index (χ3n) is 5.22. The van der Waals surface area contributed by atoms with Crippen LogP contribution in [0.5, 0.6) is 0 Å². The highest BCUT2D eigenvalue weighted by Crippen LogP contribution is 2.34. The van der Waals surface area contributed by atoms with Crippen LogP contribution in [0.1, 0.15) is 24.0 Å². The molecule has 1 saturated heterocycles. The SMILES string of the molecule is OC[C@]1(Cc2ccccc2)CCCN(Cc2ccc3nonc3c2)C1. The van der Waals surface area contributed by atoms with Gasteiger partial charge in [0, 0.05) is 18.5 Å². The number of nitrogens with zero attached hydrogens (tertiary/aromatic N) is 3. The van der Waals surface area contributed by atoms with Crippen molar-refractivity contribution in [3.8, 4) is 0 Å². The summed E-state index contributed by atoms with van der Waals surface area (Å²) in [4.78, 5) is 2.44. The predicted molar refractivity (Wildman–Crippen MR) is 96.0 cm³/mol. The quantitative estimate of drug-likeness (QED) is 0.775. The lowest BCUT2D eigenvalue weighted by Gasteiger charge is -2.42. The molecule has 1 N–H and O–H groups in total. The van der Waals surface area contributed by atoms with Crippen molar-refractivity contribution >= 4 is 11.0 Å².